The van der Waals surface area contributed by atoms with E-state index in [0.717, 1.165) is 16.7 Å². The molecule has 0 aliphatic rings. The van der Waals surface area contributed by atoms with Crippen molar-refractivity contribution in [1.29, 1.82) is 0 Å². The predicted octanol–water partition coefficient (Wildman–Crippen LogP) is 3.69. The summed E-state index contributed by atoms with van der Waals surface area (Å²) in [5.41, 5.74) is 2.04. The van der Waals surface area contributed by atoms with Gasteiger partial charge in [0.2, 0.25) is 0 Å². The van der Waals surface area contributed by atoms with Crippen molar-refractivity contribution >= 4 is 16.9 Å². The molecule has 4 heteroatoms. The average molecular weight is 287 g/mol. The standard InChI is InChI=1S/C17H21NO3/c1-4-16(19)21-9-8-20-15-11-14(12(2)3)10-13-6-5-7-18-17(13)15/h5-7,10-12H,4,8-9H2,1-3H3. The van der Waals surface area contributed by atoms with Gasteiger partial charge in [0, 0.05) is 18.0 Å². The lowest BCUT2D eigenvalue weighted by Crippen LogP contribution is -2.11. The molecule has 4 nitrogen and oxygen atoms in total. The second-order valence-electron chi connectivity index (χ2n) is 5.17. The van der Waals surface area contributed by atoms with E-state index < -0.39 is 0 Å². The maximum Gasteiger partial charge on any atom is 0.305 e. The maximum absolute atomic E-state index is 11.1. The number of hydrogen-bond donors (Lipinski definition) is 0. The van der Waals surface area contributed by atoms with Crippen LogP contribution in [0.4, 0.5) is 0 Å². The zero-order valence-electron chi connectivity index (χ0n) is 12.8. The molecule has 0 radical (unpaired) electrons. The monoisotopic (exact) mass is 287 g/mol. The fraction of sp³-hybridized carbons (Fsp3) is 0.412. The first-order valence-electron chi connectivity index (χ1n) is 7.29. The molecule has 0 aliphatic carbocycles. The number of rotatable bonds is 6. The van der Waals surface area contributed by atoms with Gasteiger partial charge in [-0.2, -0.15) is 0 Å². The highest BCUT2D eigenvalue weighted by atomic mass is 16.6. The largest absolute Gasteiger partial charge is 0.488 e. The van der Waals surface area contributed by atoms with Crippen LogP contribution in [0.3, 0.4) is 0 Å². The molecule has 112 valence electrons. The van der Waals surface area contributed by atoms with Crippen LogP contribution in [0.2, 0.25) is 0 Å². The van der Waals surface area contributed by atoms with E-state index in [9.17, 15) is 4.79 Å². The number of pyridine rings is 1. The Morgan fingerprint density at radius 2 is 2.10 bits per heavy atom. The van der Waals surface area contributed by atoms with Gasteiger partial charge in [0.25, 0.3) is 0 Å². The molecule has 0 amide bonds. The summed E-state index contributed by atoms with van der Waals surface area (Å²) in [6.07, 6.45) is 2.13. The lowest BCUT2D eigenvalue weighted by molar-refractivity contribution is -0.143. The van der Waals surface area contributed by atoms with Crippen LogP contribution in [0, 0.1) is 0 Å². The van der Waals surface area contributed by atoms with Crippen molar-refractivity contribution in [3.8, 4) is 5.75 Å². The number of aromatic nitrogens is 1. The molecular weight excluding hydrogens is 266 g/mol. The lowest BCUT2D eigenvalue weighted by atomic mass is 10.0. The van der Waals surface area contributed by atoms with Gasteiger partial charge in [-0.25, -0.2) is 0 Å². The van der Waals surface area contributed by atoms with Crippen molar-refractivity contribution in [1.82, 2.24) is 4.98 Å². The van der Waals surface area contributed by atoms with E-state index in [-0.39, 0.29) is 12.6 Å². The van der Waals surface area contributed by atoms with Gasteiger partial charge < -0.3 is 9.47 Å². The molecule has 1 aromatic heterocycles. The molecule has 1 aromatic carbocycles. The normalized spacial score (nSPS) is 10.9. The smallest absolute Gasteiger partial charge is 0.305 e. The first-order chi connectivity index (χ1) is 10.1. The van der Waals surface area contributed by atoms with Gasteiger partial charge >= 0.3 is 5.97 Å². The average Bonchev–Trinajstić information content (AvgIpc) is 2.50. The number of nitrogens with zero attached hydrogens (tertiary/aromatic N) is 1. The van der Waals surface area contributed by atoms with Crippen LogP contribution in [0.5, 0.6) is 5.75 Å². The fourth-order valence-electron chi connectivity index (χ4n) is 2.03. The first-order valence-corrected chi connectivity index (χ1v) is 7.29. The van der Waals surface area contributed by atoms with E-state index >= 15 is 0 Å². The SMILES string of the molecule is CCC(=O)OCCOc1cc(C(C)C)cc2cccnc12. The maximum atomic E-state index is 11.1. The van der Waals surface area contributed by atoms with E-state index in [1.807, 2.05) is 18.2 Å². The Bertz CT molecular complexity index is 622. The summed E-state index contributed by atoms with van der Waals surface area (Å²) in [5, 5.41) is 1.06. The van der Waals surface area contributed by atoms with Crippen LogP contribution < -0.4 is 4.74 Å². The molecule has 0 atom stereocenters. The van der Waals surface area contributed by atoms with Crippen LogP contribution in [-0.4, -0.2) is 24.2 Å². The Morgan fingerprint density at radius 3 is 2.81 bits per heavy atom. The summed E-state index contributed by atoms with van der Waals surface area (Å²) in [6, 6.07) is 8.09. The number of hydrogen-bond acceptors (Lipinski definition) is 4. The Balaban J connectivity index is 2.15. The second kappa shape index (κ2) is 7.07. The van der Waals surface area contributed by atoms with Crippen LogP contribution in [0.25, 0.3) is 10.9 Å². The van der Waals surface area contributed by atoms with Gasteiger partial charge in [0.1, 0.15) is 24.5 Å². The number of carbonyl (C=O) groups excluding carboxylic acids is 1. The molecule has 0 fully saturated rings. The van der Waals surface area contributed by atoms with Crippen molar-refractivity contribution in [2.45, 2.75) is 33.1 Å². The molecule has 0 N–H and O–H groups in total. The summed E-state index contributed by atoms with van der Waals surface area (Å²) < 4.78 is 10.8. The number of benzene rings is 1. The highest BCUT2D eigenvalue weighted by molar-refractivity contribution is 5.85. The van der Waals surface area contributed by atoms with Crippen LogP contribution in [-0.2, 0) is 9.53 Å². The molecule has 1 heterocycles. The lowest BCUT2D eigenvalue weighted by Gasteiger charge is -2.13. The molecule has 0 unspecified atom stereocenters. The number of ether oxygens (including phenoxy) is 2. The molecular formula is C17H21NO3. The summed E-state index contributed by atoms with van der Waals surface area (Å²) in [4.78, 5) is 15.5. The molecule has 0 aliphatic heterocycles. The topological polar surface area (TPSA) is 48.4 Å². The third-order valence-corrected chi connectivity index (χ3v) is 3.25. The molecule has 21 heavy (non-hydrogen) atoms. The highest BCUT2D eigenvalue weighted by Crippen LogP contribution is 2.29. The first kappa shape index (κ1) is 15.3. The second-order valence-corrected chi connectivity index (χ2v) is 5.17. The zero-order chi connectivity index (χ0) is 15.2. The van der Waals surface area contributed by atoms with Gasteiger partial charge in [-0.3, -0.25) is 9.78 Å². The third-order valence-electron chi connectivity index (χ3n) is 3.25. The Kier molecular flexibility index (Phi) is 5.14. The number of carbonyl (C=O) groups is 1. The highest BCUT2D eigenvalue weighted by Gasteiger charge is 2.09. The van der Waals surface area contributed by atoms with Gasteiger partial charge in [0.05, 0.1) is 0 Å². The van der Waals surface area contributed by atoms with Crippen molar-refractivity contribution in [3.63, 3.8) is 0 Å². The van der Waals surface area contributed by atoms with Crippen LogP contribution in [0.15, 0.2) is 30.5 Å². The Morgan fingerprint density at radius 1 is 1.29 bits per heavy atom. The molecule has 0 saturated carbocycles. The summed E-state index contributed by atoms with van der Waals surface area (Å²) in [6.45, 7) is 6.65. The van der Waals surface area contributed by atoms with E-state index in [4.69, 9.17) is 9.47 Å². The molecule has 0 bridgehead atoms. The van der Waals surface area contributed by atoms with Gasteiger partial charge in [-0.05, 0) is 29.7 Å². The van der Waals surface area contributed by atoms with E-state index in [0.29, 0.717) is 18.9 Å². The van der Waals surface area contributed by atoms with E-state index in [1.54, 1.807) is 13.1 Å². The quantitative estimate of drug-likeness (QED) is 0.600. The number of fused-ring (bicyclic) bond motifs is 1. The fourth-order valence-corrected chi connectivity index (χ4v) is 2.03. The zero-order valence-corrected chi connectivity index (χ0v) is 12.8. The summed E-state index contributed by atoms with van der Waals surface area (Å²) >= 11 is 0. The van der Waals surface area contributed by atoms with Gasteiger partial charge in [-0.1, -0.05) is 26.8 Å². The molecule has 0 saturated heterocycles. The van der Waals surface area contributed by atoms with Crippen molar-refractivity contribution in [2.24, 2.45) is 0 Å². The van der Waals surface area contributed by atoms with E-state index in [1.165, 1.54) is 5.56 Å². The minimum atomic E-state index is -0.211. The van der Waals surface area contributed by atoms with Crippen LogP contribution >= 0.6 is 0 Å². The Hall–Kier alpha value is -2.10. The molecule has 2 rings (SSSR count). The van der Waals surface area contributed by atoms with Gasteiger partial charge in [-0.15, -0.1) is 0 Å². The van der Waals surface area contributed by atoms with Crippen molar-refractivity contribution in [3.05, 3.63) is 36.0 Å². The molecule has 0 spiro atoms. The Labute approximate surface area is 125 Å². The summed E-state index contributed by atoms with van der Waals surface area (Å²) in [7, 11) is 0. The van der Waals surface area contributed by atoms with Crippen LogP contribution in [0.1, 0.15) is 38.7 Å². The minimum Gasteiger partial charge on any atom is -0.488 e. The molecule has 2 aromatic rings. The van der Waals surface area contributed by atoms with E-state index in [2.05, 4.69) is 24.9 Å². The minimum absolute atomic E-state index is 0.211. The van der Waals surface area contributed by atoms with Crippen molar-refractivity contribution < 1.29 is 14.3 Å². The predicted molar refractivity (Wildman–Crippen MR) is 82.6 cm³/mol. The number of esters is 1. The van der Waals surface area contributed by atoms with Gasteiger partial charge in [0.15, 0.2) is 0 Å². The summed E-state index contributed by atoms with van der Waals surface area (Å²) in [5.74, 6) is 0.941. The van der Waals surface area contributed by atoms with Crippen molar-refractivity contribution in [2.75, 3.05) is 13.2 Å². The third kappa shape index (κ3) is 3.94.